The maximum Gasteiger partial charge on any atom is 0.236 e. The van der Waals surface area contributed by atoms with Gasteiger partial charge in [0.15, 0.2) is 0 Å². The highest BCUT2D eigenvalue weighted by Gasteiger charge is 2.17. The van der Waals surface area contributed by atoms with Crippen LogP contribution >= 0.6 is 0 Å². The van der Waals surface area contributed by atoms with E-state index in [1.54, 1.807) is 30.6 Å². The van der Waals surface area contributed by atoms with Gasteiger partial charge in [0.2, 0.25) is 10.0 Å². The minimum Gasteiger partial charge on any atom is -0.369 e. The van der Waals surface area contributed by atoms with Crippen LogP contribution in [0.1, 0.15) is 11.1 Å². The summed E-state index contributed by atoms with van der Waals surface area (Å²) in [6.07, 6.45) is 4.10. The van der Waals surface area contributed by atoms with E-state index in [9.17, 15) is 8.42 Å². The van der Waals surface area contributed by atoms with Gasteiger partial charge in [-0.1, -0.05) is 36.4 Å². The topological polar surface area (TPSA) is 65.5 Å². The maximum atomic E-state index is 12.5. The van der Waals surface area contributed by atoms with Crippen molar-refractivity contribution in [3.63, 3.8) is 0 Å². The summed E-state index contributed by atoms with van der Waals surface area (Å²) in [5.41, 5.74) is 3.69. The molecule has 0 unspecified atom stereocenters. The zero-order valence-electron chi connectivity index (χ0n) is 17.5. The molecule has 1 aliphatic rings. The molecule has 3 aromatic rings. The zero-order valence-corrected chi connectivity index (χ0v) is 18.3. The van der Waals surface area contributed by atoms with Gasteiger partial charge in [0.25, 0.3) is 0 Å². The summed E-state index contributed by atoms with van der Waals surface area (Å²) in [5, 5.41) is 0. The summed E-state index contributed by atoms with van der Waals surface area (Å²) < 4.78 is 27.7. The molecule has 0 radical (unpaired) electrons. The SMILES string of the molecule is O=S(=O)(Cc1cccnc1)Nc1cccc(CCN2CCN(c3ccccc3)CC2)c1. The number of sulfonamides is 1. The standard InChI is InChI=1S/C24H28N4O2S/c29-31(30,20-22-7-5-12-25-19-22)26-23-8-4-6-21(18-23)11-13-27-14-16-28(17-15-27)24-9-2-1-3-10-24/h1-10,12,18-19,26H,11,13-17,20H2. The van der Waals surface area contributed by atoms with Crippen LogP contribution in [0.25, 0.3) is 0 Å². The average molecular weight is 437 g/mol. The first-order valence-electron chi connectivity index (χ1n) is 10.6. The quantitative estimate of drug-likeness (QED) is 0.586. The molecule has 1 aromatic heterocycles. The normalized spacial score (nSPS) is 15.0. The molecule has 2 heterocycles. The summed E-state index contributed by atoms with van der Waals surface area (Å²) >= 11 is 0. The highest BCUT2D eigenvalue weighted by atomic mass is 32.2. The summed E-state index contributed by atoms with van der Waals surface area (Å²) in [7, 11) is -3.48. The van der Waals surface area contributed by atoms with Crippen LogP contribution in [0.3, 0.4) is 0 Å². The molecule has 6 nitrogen and oxygen atoms in total. The van der Waals surface area contributed by atoms with Crippen LogP contribution in [0.4, 0.5) is 11.4 Å². The lowest BCUT2D eigenvalue weighted by Crippen LogP contribution is -2.46. The van der Waals surface area contributed by atoms with Crippen molar-refractivity contribution < 1.29 is 8.42 Å². The first kappa shape index (κ1) is 21.3. The number of para-hydroxylation sites is 1. The molecule has 2 aromatic carbocycles. The van der Waals surface area contributed by atoms with E-state index in [1.807, 2.05) is 18.2 Å². The predicted molar refractivity (Wildman–Crippen MR) is 126 cm³/mol. The van der Waals surface area contributed by atoms with Gasteiger partial charge in [0, 0.05) is 56.5 Å². The summed E-state index contributed by atoms with van der Waals surface area (Å²) in [5.74, 6) is -0.0865. The number of nitrogens with one attached hydrogen (secondary N) is 1. The molecule has 0 aliphatic carbocycles. The van der Waals surface area contributed by atoms with Gasteiger partial charge >= 0.3 is 0 Å². The van der Waals surface area contributed by atoms with Crippen molar-refractivity contribution in [2.45, 2.75) is 12.2 Å². The zero-order chi connectivity index (χ0) is 21.5. The highest BCUT2D eigenvalue weighted by Crippen LogP contribution is 2.17. The molecule has 0 atom stereocenters. The first-order chi connectivity index (χ1) is 15.1. The van der Waals surface area contributed by atoms with Crippen molar-refractivity contribution in [1.29, 1.82) is 0 Å². The number of pyridine rings is 1. The van der Waals surface area contributed by atoms with Gasteiger partial charge in [-0.05, 0) is 47.9 Å². The van der Waals surface area contributed by atoms with E-state index in [-0.39, 0.29) is 5.75 Å². The number of aromatic nitrogens is 1. The molecule has 0 bridgehead atoms. The Balaban J connectivity index is 1.28. The van der Waals surface area contributed by atoms with Crippen LogP contribution in [-0.2, 0) is 22.2 Å². The van der Waals surface area contributed by atoms with E-state index in [2.05, 4.69) is 49.8 Å². The van der Waals surface area contributed by atoms with Gasteiger partial charge in [0.05, 0.1) is 5.75 Å². The van der Waals surface area contributed by atoms with Crippen LogP contribution < -0.4 is 9.62 Å². The number of rotatable bonds is 8. The molecule has 7 heteroatoms. The second kappa shape index (κ2) is 9.94. The maximum absolute atomic E-state index is 12.5. The van der Waals surface area contributed by atoms with E-state index in [1.165, 1.54) is 5.69 Å². The third-order valence-electron chi connectivity index (χ3n) is 5.49. The van der Waals surface area contributed by atoms with E-state index >= 15 is 0 Å². The van der Waals surface area contributed by atoms with Crippen LogP contribution in [0.5, 0.6) is 0 Å². The van der Waals surface area contributed by atoms with Crippen molar-refractivity contribution in [1.82, 2.24) is 9.88 Å². The fraction of sp³-hybridized carbons (Fsp3) is 0.292. The second-order valence-electron chi connectivity index (χ2n) is 7.84. The number of hydrogen-bond donors (Lipinski definition) is 1. The molecule has 31 heavy (non-hydrogen) atoms. The van der Waals surface area contributed by atoms with Crippen molar-refractivity contribution in [3.8, 4) is 0 Å². The van der Waals surface area contributed by atoms with Crippen molar-refractivity contribution >= 4 is 21.4 Å². The van der Waals surface area contributed by atoms with Gasteiger partial charge in [-0.3, -0.25) is 14.6 Å². The van der Waals surface area contributed by atoms with Crippen LogP contribution in [0.2, 0.25) is 0 Å². The molecular weight excluding hydrogens is 408 g/mol. The Morgan fingerprint density at radius 1 is 0.871 bits per heavy atom. The van der Waals surface area contributed by atoms with Gasteiger partial charge in [-0.25, -0.2) is 8.42 Å². The first-order valence-corrected chi connectivity index (χ1v) is 12.2. The number of anilines is 2. The minimum atomic E-state index is -3.48. The molecule has 162 valence electrons. The molecular formula is C24H28N4O2S. The summed E-state index contributed by atoms with van der Waals surface area (Å²) in [4.78, 5) is 8.88. The molecule has 1 saturated heterocycles. The monoisotopic (exact) mass is 436 g/mol. The third-order valence-corrected chi connectivity index (χ3v) is 6.75. The highest BCUT2D eigenvalue weighted by molar-refractivity contribution is 7.91. The minimum absolute atomic E-state index is 0.0865. The predicted octanol–water partition coefficient (Wildman–Crippen LogP) is 3.39. The number of piperazine rings is 1. The molecule has 1 fully saturated rings. The molecule has 0 saturated carbocycles. The second-order valence-corrected chi connectivity index (χ2v) is 9.56. The smallest absolute Gasteiger partial charge is 0.236 e. The van der Waals surface area contributed by atoms with E-state index < -0.39 is 10.0 Å². The Labute approximate surface area is 184 Å². The lowest BCUT2D eigenvalue weighted by molar-refractivity contribution is 0.261. The molecule has 1 aliphatic heterocycles. The van der Waals surface area contributed by atoms with Crippen molar-refractivity contribution in [2.24, 2.45) is 0 Å². The third kappa shape index (κ3) is 6.29. The summed E-state index contributed by atoms with van der Waals surface area (Å²) in [6, 6.07) is 21.7. The Morgan fingerprint density at radius 3 is 2.39 bits per heavy atom. The fourth-order valence-corrected chi connectivity index (χ4v) is 5.03. The molecule has 0 amide bonds. The number of benzene rings is 2. The van der Waals surface area contributed by atoms with Crippen molar-refractivity contribution in [2.75, 3.05) is 42.3 Å². The molecule has 4 rings (SSSR count). The van der Waals surface area contributed by atoms with Gasteiger partial charge in [-0.15, -0.1) is 0 Å². The van der Waals surface area contributed by atoms with Gasteiger partial charge in [0.1, 0.15) is 0 Å². The lowest BCUT2D eigenvalue weighted by Gasteiger charge is -2.36. The largest absolute Gasteiger partial charge is 0.369 e. The molecule has 1 N–H and O–H groups in total. The summed E-state index contributed by atoms with van der Waals surface area (Å²) in [6.45, 7) is 5.09. The average Bonchev–Trinajstić information content (AvgIpc) is 2.79. The van der Waals surface area contributed by atoms with Gasteiger partial charge < -0.3 is 4.90 Å². The van der Waals surface area contributed by atoms with Gasteiger partial charge in [-0.2, -0.15) is 0 Å². The van der Waals surface area contributed by atoms with Crippen LogP contribution in [0.15, 0.2) is 79.1 Å². The Hall–Kier alpha value is -2.90. The Morgan fingerprint density at radius 2 is 1.65 bits per heavy atom. The van der Waals surface area contributed by atoms with Crippen LogP contribution in [0, 0.1) is 0 Å². The Bertz CT molecular complexity index is 1070. The fourth-order valence-electron chi connectivity index (χ4n) is 3.86. The number of hydrogen-bond acceptors (Lipinski definition) is 5. The number of nitrogens with zero attached hydrogens (tertiary/aromatic N) is 3. The molecule has 0 spiro atoms. The van der Waals surface area contributed by atoms with Crippen LogP contribution in [-0.4, -0.2) is 51.0 Å². The van der Waals surface area contributed by atoms with E-state index in [0.29, 0.717) is 11.3 Å². The van der Waals surface area contributed by atoms with E-state index in [0.717, 1.165) is 44.7 Å². The lowest BCUT2D eigenvalue weighted by atomic mass is 10.1. The van der Waals surface area contributed by atoms with Crippen molar-refractivity contribution in [3.05, 3.63) is 90.3 Å². The Kier molecular flexibility index (Phi) is 6.84. The van der Waals surface area contributed by atoms with E-state index in [4.69, 9.17) is 0 Å².